The first-order valence-corrected chi connectivity index (χ1v) is 5.29. The van der Waals surface area contributed by atoms with Crippen molar-refractivity contribution in [1.29, 1.82) is 0 Å². The third kappa shape index (κ3) is 1.77. The average Bonchev–Trinajstić information content (AvgIpc) is 2.17. The molecule has 82 valence electrons. The largest absolute Gasteiger partial charge is 0.481 e. The van der Waals surface area contributed by atoms with Crippen LogP contribution in [-0.2, 0) is 6.54 Å². The Morgan fingerprint density at radius 2 is 2.27 bits per heavy atom. The first-order chi connectivity index (χ1) is 7.26. The molecule has 0 bridgehead atoms. The fourth-order valence-corrected chi connectivity index (χ4v) is 1.90. The van der Waals surface area contributed by atoms with Crippen LogP contribution in [0.2, 0.25) is 0 Å². The molecule has 1 aliphatic rings. The predicted octanol–water partition coefficient (Wildman–Crippen LogP) is 1.40. The maximum Gasteiger partial charge on any atom is 0.217 e. The fraction of sp³-hybridized carbons (Fsp3) is 0.545. The van der Waals surface area contributed by atoms with Crippen molar-refractivity contribution in [2.45, 2.75) is 31.7 Å². The molecule has 0 aromatic carbocycles. The third-order valence-electron chi connectivity index (χ3n) is 3.03. The molecule has 0 unspecified atom stereocenters. The van der Waals surface area contributed by atoms with Gasteiger partial charge < -0.3 is 16.2 Å². The van der Waals surface area contributed by atoms with Gasteiger partial charge in [0.15, 0.2) is 0 Å². The van der Waals surface area contributed by atoms with Crippen LogP contribution < -0.4 is 16.2 Å². The van der Waals surface area contributed by atoms with Gasteiger partial charge in [-0.15, -0.1) is 0 Å². The first-order valence-electron chi connectivity index (χ1n) is 5.29. The zero-order valence-corrected chi connectivity index (χ0v) is 8.99. The van der Waals surface area contributed by atoms with E-state index in [0.29, 0.717) is 18.3 Å². The zero-order chi connectivity index (χ0) is 10.8. The number of hydrogen-bond donors (Lipinski definition) is 2. The van der Waals surface area contributed by atoms with Crippen molar-refractivity contribution in [2.75, 3.05) is 12.8 Å². The fourth-order valence-electron chi connectivity index (χ4n) is 1.90. The summed E-state index contributed by atoms with van der Waals surface area (Å²) in [6.45, 7) is 0.408. The molecule has 1 heterocycles. The van der Waals surface area contributed by atoms with Crippen LogP contribution in [0.15, 0.2) is 6.07 Å². The monoisotopic (exact) mass is 207 g/mol. The number of aromatic nitrogens is 1. The summed E-state index contributed by atoms with van der Waals surface area (Å²) in [7, 11) is 1.61. The van der Waals surface area contributed by atoms with Gasteiger partial charge in [-0.25, -0.2) is 4.98 Å². The highest BCUT2D eigenvalue weighted by Gasteiger charge is 2.24. The molecule has 0 radical (unpaired) electrons. The molecule has 1 aromatic heterocycles. The van der Waals surface area contributed by atoms with Gasteiger partial charge in [-0.3, -0.25) is 0 Å². The van der Waals surface area contributed by atoms with Gasteiger partial charge in [0.1, 0.15) is 0 Å². The molecule has 4 heteroatoms. The summed E-state index contributed by atoms with van der Waals surface area (Å²) < 4.78 is 5.20. The van der Waals surface area contributed by atoms with Gasteiger partial charge >= 0.3 is 0 Å². The van der Waals surface area contributed by atoms with Crippen LogP contribution in [0.5, 0.6) is 5.88 Å². The van der Waals surface area contributed by atoms with Crippen LogP contribution in [0.1, 0.15) is 36.4 Å². The Bertz CT molecular complexity index is 361. The predicted molar refractivity (Wildman–Crippen MR) is 59.7 cm³/mol. The number of anilines is 1. The van der Waals surface area contributed by atoms with Crippen molar-refractivity contribution >= 4 is 5.69 Å². The van der Waals surface area contributed by atoms with Crippen LogP contribution in [0, 0.1) is 0 Å². The highest BCUT2D eigenvalue weighted by atomic mass is 16.5. The lowest BCUT2D eigenvalue weighted by Crippen LogP contribution is -2.15. The smallest absolute Gasteiger partial charge is 0.217 e. The second kappa shape index (κ2) is 4.06. The molecule has 15 heavy (non-hydrogen) atoms. The van der Waals surface area contributed by atoms with E-state index in [1.54, 1.807) is 7.11 Å². The molecule has 0 spiro atoms. The number of nitrogens with zero attached hydrogens (tertiary/aromatic N) is 1. The molecule has 0 atom stereocenters. The van der Waals surface area contributed by atoms with Gasteiger partial charge in [0, 0.05) is 18.0 Å². The Balaban J connectivity index is 2.38. The van der Waals surface area contributed by atoms with E-state index in [9.17, 15) is 0 Å². The molecule has 4 N–H and O–H groups in total. The van der Waals surface area contributed by atoms with E-state index in [0.717, 1.165) is 16.9 Å². The third-order valence-corrected chi connectivity index (χ3v) is 3.03. The highest BCUT2D eigenvalue weighted by molar-refractivity contribution is 5.50. The zero-order valence-electron chi connectivity index (χ0n) is 8.99. The van der Waals surface area contributed by atoms with Crippen molar-refractivity contribution in [2.24, 2.45) is 5.73 Å². The number of ether oxygens (including phenoxy) is 1. The van der Waals surface area contributed by atoms with Gasteiger partial charge in [-0.05, 0) is 18.9 Å². The van der Waals surface area contributed by atoms with E-state index in [1.807, 2.05) is 6.07 Å². The van der Waals surface area contributed by atoms with Crippen molar-refractivity contribution in [3.8, 4) is 5.88 Å². The van der Waals surface area contributed by atoms with Crippen LogP contribution in [0.3, 0.4) is 0 Å². The maximum absolute atomic E-state index is 5.96. The minimum absolute atomic E-state index is 0.408. The summed E-state index contributed by atoms with van der Waals surface area (Å²) in [4.78, 5) is 4.46. The van der Waals surface area contributed by atoms with Gasteiger partial charge in [0.05, 0.1) is 18.5 Å². The number of hydrogen-bond acceptors (Lipinski definition) is 4. The average molecular weight is 207 g/mol. The summed E-state index contributed by atoms with van der Waals surface area (Å²) >= 11 is 0. The molecular weight excluding hydrogens is 190 g/mol. The second-order valence-electron chi connectivity index (χ2n) is 3.96. The van der Waals surface area contributed by atoms with Crippen molar-refractivity contribution in [1.82, 2.24) is 4.98 Å². The number of nitrogen functional groups attached to an aromatic ring is 1. The van der Waals surface area contributed by atoms with Gasteiger partial charge in [-0.2, -0.15) is 0 Å². The second-order valence-corrected chi connectivity index (χ2v) is 3.96. The lowest BCUT2D eigenvalue weighted by Gasteiger charge is -2.26. The van der Waals surface area contributed by atoms with Crippen LogP contribution in [0.25, 0.3) is 0 Å². The van der Waals surface area contributed by atoms with Crippen LogP contribution >= 0.6 is 0 Å². The summed E-state index contributed by atoms with van der Waals surface area (Å²) in [6.07, 6.45) is 3.64. The summed E-state index contributed by atoms with van der Waals surface area (Å²) in [6, 6.07) is 1.89. The Kier molecular flexibility index (Phi) is 2.77. The molecule has 0 saturated heterocycles. The van der Waals surface area contributed by atoms with Gasteiger partial charge in [0.25, 0.3) is 0 Å². The molecule has 0 aliphatic heterocycles. The van der Waals surface area contributed by atoms with Crippen LogP contribution in [-0.4, -0.2) is 12.1 Å². The Labute approximate surface area is 89.6 Å². The maximum atomic E-state index is 5.96. The Morgan fingerprint density at radius 3 is 2.73 bits per heavy atom. The molecule has 1 fully saturated rings. The van der Waals surface area contributed by atoms with Crippen molar-refractivity contribution < 1.29 is 4.74 Å². The minimum Gasteiger partial charge on any atom is -0.481 e. The standard InChI is InChI=1S/C11H17N3O/c1-15-11-8(6-12)5-9(13)10(14-11)7-3-2-4-7/h5,7H,2-4,6,12-13H2,1H3. The molecular formula is C11H17N3O. The number of nitrogens with two attached hydrogens (primary N) is 2. The van der Waals surface area contributed by atoms with E-state index in [4.69, 9.17) is 16.2 Å². The van der Waals surface area contributed by atoms with Crippen molar-refractivity contribution in [3.05, 3.63) is 17.3 Å². The summed E-state index contributed by atoms with van der Waals surface area (Å²) in [5, 5.41) is 0. The first kappa shape index (κ1) is 10.2. The van der Waals surface area contributed by atoms with E-state index in [-0.39, 0.29) is 0 Å². The molecule has 1 saturated carbocycles. The topological polar surface area (TPSA) is 74.2 Å². The number of pyridine rings is 1. The summed E-state index contributed by atoms with van der Waals surface area (Å²) in [5.41, 5.74) is 14.2. The summed E-state index contributed by atoms with van der Waals surface area (Å²) in [5.74, 6) is 1.14. The Hall–Kier alpha value is -1.29. The van der Waals surface area contributed by atoms with E-state index in [1.165, 1.54) is 19.3 Å². The van der Waals surface area contributed by atoms with Gasteiger partial charge in [0.2, 0.25) is 5.88 Å². The number of methoxy groups -OCH3 is 1. The molecule has 0 amide bonds. The van der Waals surface area contributed by atoms with Crippen LogP contribution in [0.4, 0.5) is 5.69 Å². The van der Waals surface area contributed by atoms with E-state index in [2.05, 4.69) is 4.98 Å². The Morgan fingerprint density at radius 1 is 1.53 bits per heavy atom. The van der Waals surface area contributed by atoms with E-state index < -0.39 is 0 Å². The molecule has 1 aromatic rings. The minimum atomic E-state index is 0.408. The lowest BCUT2D eigenvalue weighted by atomic mass is 9.82. The highest BCUT2D eigenvalue weighted by Crippen LogP contribution is 2.39. The molecule has 1 aliphatic carbocycles. The lowest BCUT2D eigenvalue weighted by molar-refractivity contribution is 0.376. The molecule has 2 rings (SSSR count). The SMILES string of the molecule is COc1nc(C2CCC2)c(N)cc1CN. The van der Waals surface area contributed by atoms with Gasteiger partial charge in [-0.1, -0.05) is 6.42 Å². The normalized spacial score (nSPS) is 16.1. The quantitative estimate of drug-likeness (QED) is 0.785. The molecule has 4 nitrogen and oxygen atoms in total. The number of rotatable bonds is 3. The van der Waals surface area contributed by atoms with E-state index >= 15 is 0 Å². The van der Waals surface area contributed by atoms with Crippen molar-refractivity contribution in [3.63, 3.8) is 0 Å².